The highest BCUT2D eigenvalue weighted by atomic mass is 16.5. The molecule has 0 aliphatic heterocycles. The normalized spacial score (nSPS) is 23.5. The minimum atomic E-state index is -0.273. The molecule has 2 unspecified atom stereocenters. The molecule has 2 atom stereocenters. The Morgan fingerprint density at radius 2 is 2.00 bits per heavy atom. The fourth-order valence-corrected chi connectivity index (χ4v) is 2.75. The molecule has 104 valence electrons. The van der Waals surface area contributed by atoms with Gasteiger partial charge in [-0.25, -0.2) is 4.79 Å². The maximum absolute atomic E-state index is 11.7. The number of ether oxygens (including phenoxy) is 1. The molecule has 0 spiro atoms. The lowest BCUT2D eigenvalue weighted by Crippen LogP contribution is -2.20. The molecule has 0 heterocycles. The summed E-state index contributed by atoms with van der Waals surface area (Å²) in [6, 6.07) is 8.06. The van der Waals surface area contributed by atoms with E-state index in [1.54, 1.807) is 0 Å². The molecular formula is C16H23NO2. The van der Waals surface area contributed by atoms with E-state index in [2.05, 4.69) is 12.2 Å². The number of esters is 1. The van der Waals surface area contributed by atoms with Gasteiger partial charge in [-0.3, -0.25) is 0 Å². The van der Waals surface area contributed by atoms with E-state index in [1.807, 2.05) is 24.3 Å². The fourth-order valence-electron chi connectivity index (χ4n) is 2.75. The molecule has 1 aromatic rings. The van der Waals surface area contributed by atoms with Gasteiger partial charge in [0, 0.05) is 11.7 Å². The Bertz CT molecular complexity index is 431. The van der Waals surface area contributed by atoms with Crippen molar-refractivity contribution < 1.29 is 9.53 Å². The van der Waals surface area contributed by atoms with Crippen molar-refractivity contribution in [2.45, 2.75) is 45.1 Å². The number of hydrogen-bond acceptors (Lipinski definition) is 3. The standard InChI is InChI=1S/C16H23NO2/c1-12-6-5-7-13(11-10-12)17-15-9-4-3-8-14(15)16(18)19-2/h3-4,8-9,12-13,17H,5-7,10-11H2,1-2H3. The van der Waals surface area contributed by atoms with Crippen LogP contribution in [0.5, 0.6) is 0 Å². The largest absolute Gasteiger partial charge is 0.465 e. The van der Waals surface area contributed by atoms with Crippen molar-refractivity contribution in [1.82, 2.24) is 0 Å². The van der Waals surface area contributed by atoms with Crippen LogP contribution in [0.25, 0.3) is 0 Å². The topological polar surface area (TPSA) is 38.3 Å². The van der Waals surface area contributed by atoms with Crippen LogP contribution in [0, 0.1) is 5.92 Å². The van der Waals surface area contributed by atoms with Crippen molar-refractivity contribution in [2.24, 2.45) is 5.92 Å². The quantitative estimate of drug-likeness (QED) is 0.663. The van der Waals surface area contributed by atoms with E-state index >= 15 is 0 Å². The van der Waals surface area contributed by atoms with Gasteiger partial charge < -0.3 is 10.1 Å². The highest BCUT2D eigenvalue weighted by molar-refractivity contribution is 5.95. The summed E-state index contributed by atoms with van der Waals surface area (Å²) in [6.07, 6.45) is 6.20. The van der Waals surface area contributed by atoms with Crippen LogP contribution in [0.3, 0.4) is 0 Å². The number of anilines is 1. The summed E-state index contributed by atoms with van der Waals surface area (Å²) in [6.45, 7) is 2.32. The predicted octanol–water partition coefficient (Wildman–Crippen LogP) is 3.85. The Morgan fingerprint density at radius 1 is 1.21 bits per heavy atom. The van der Waals surface area contributed by atoms with Gasteiger partial charge in [-0.2, -0.15) is 0 Å². The van der Waals surface area contributed by atoms with E-state index in [4.69, 9.17) is 4.74 Å². The number of methoxy groups -OCH3 is 1. The second kappa shape index (κ2) is 6.60. The van der Waals surface area contributed by atoms with Gasteiger partial charge in [0.2, 0.25) is 0 Å². The van der Waals surface area contributed by atoms with Gasteiger partial charge in [0.15, 0.2) is 0 Å². The Labute approximate surface area is 115 Å². The molecular weight excluding hydrogens is 238 g/mol. The molecule has 2 rings (SSSR count). The average molecular weight is 261 g/mol. The second-order valence-corrected chi connectivity index (χ2v) is 5.49. The van der Waals surface area contributed by atoms with Gasteiger partial charge in [-0.05, 0) is 37.3 Å². The zero-order chi connectivity index (χ0) is 13.7. The molecule has 3 nitrogen and oxygen atoms in total. The molecule has 0 aromatic heterocycles. The van der Waals surface area contributed by atoms with E-state index in [0.29, 0.717) is 11.6 Å². The molecule has 0 radical (unpaired) electrons. The molecule has 0 amide bonds. The van der Waals surface area contributed by atoms with Crippen molar-refractivity contribution >= 4 is 11.7 Å². The lowest BCUT2D eigenvalue weighted by Gasteiger charge is -2.19. The van der Waals surface area contributed by atoms with Crippen LogP contribution in [-0.2, 0) is 4.74 Å². The number of hydrogen-bond donors (Lipinski definition) is 1. The molecule has 1 aliphatic rings. The van der Waals surface area contributed by atoms with Gasteiger partial charge in [-0.15, -0.1) is 0 Å². The Morgan fingerprint density at radius 3 is 2.79 bits per heavy atom. The Balaban J connectivity index is 2.08. The maximum atomic E-state index is 11.7. The number of para-hydroxylation sites is 1. The van der Waals surface area contributed by atoms with E-state index in [-0.39, 0.29) is 5.97 Å². The highest BCUT2D eigenvalue weighted by Gasteiger charge is 2.18. The maximum Gasteiger partial charge on any atom is 0.339 e. The summed E-state index contributed by atoms with van der Waals surface area (Å²) in [7, 11) is 1.42. The third-order valence-corrected chi connectivity index (χ3v) is 3.95. The van der Waals surface area contributed by atoms with Crippen LogP contribution in [0.1, 0.15) is 49.4 Å². The zero-order valence-corrected chi connectivity index (χ0v) is 11.8. The first-order valence-electron chi connectivity index (χ1n) is 7.14. The Kier molecular flexibility index (Phi) is 4.83. The summed E-state index contributed by atoms with van der Waals surface area (Å²) in [4.78, 5) is 11.7. The van der Waals surface area contributed by atoms with Crippen LogP contribution in [0.4, 0.5) is 5.69 Å². The minimum Gasteiger partial charge on any atom is -0.465 e. The average Bonchev–Trinajstić information content (AvgIpc) is 2.63. The van der Waals surface area contributed by atoms with Crippen LogP contribution >= 0.6 is 0 Å². The first-order chi connectivity index (χ1) is 9.20. The number of carbonyl (C=O) groups is 1. The molecule has 1 N–H and O–H groups in total. The third kappa shape index (κ3) is 3.72. The summed E-state index contributed by atoms with van der Waals surface area (Å²) < 4.78 is 4.83. The molecule has 19 heavy (non-hydrogen) atoms. The molecule has 1 saturated carbocycles. The highest BCUT2D eigenvalue weighted by Crippen LogP contribution is 2.26. The lowest BCUT2D eigenvalue weighted by molar-refractivity contribution is 0.0602. The first kappa shape index (κ1) is 13.9. The van der Waals surface area contributed by atoms with Crippen LogP contribution in [-0.4, -0.2) is 19.1 Å². The summed E-state index contributed by atoms with van der Waals surface area (Å²) in [5, 5.41) is 3.52. The van der Waals surface area contributed by atoms with Crippen molar-refractivity contribution in [1.29, 1.82) is 0 Å². The monoisotopic (exact) mass is 261 g/mol. The smallest absolute Gasteiger partial charge is 0.339 e. The van der Waals surface area contributed by atoms with Crippen molar-refractivity contribution in [3.05, 3.63) is 29.8 Å². The van der Waals surface area contributed by atoms with Gasteiger partial charge in [-0.1, -0.05) is 31.9 Å². The van der Waals surface area contributed by atoms with Crippen molar-refractivity contribution in [3.8, 4) is 0 Å². The van der Waals surface area contributed by atoms with Crippen LogP contribution < -0.4 is 5.32 Å². The number of rotatable bonds is 3. The van der Waals surface area contributed by atoms with E-state index in [9.17, 15) is 4.79 Å². The summed E-state index contributed by atoms with van der Waals surface area (Å²) in [5.74, 6) is 0.549. The molecule has 0 bridgehead atoms. The van der Waals surface area contributed by atoms with Gasteiger partial charge >= 0.3 is 5.97 Å². The SMILES string of the molecule is COC(=O)c1ccccc1NC1CCCC(C)CC1. The Hall–Kier alpha value is -1.51. The molecule has 1 aromatic carbocycles. The summed E-state index contributed by atoms with van der Waals surface area (Å²) >= 11 is 0. The number of carbonyl (C=O) groups excluding carboxylic acids is 1. The number of nitrogens with one attached hydrogen (secondary N) is 1. The molecule has 0 saturated heterocycles. The van der Waals surface area contributed by atoms with Crippen LogP contribution in [0.2, 0.25) is 0 Å². The molecule has 3 heteroatoms. The zero-order valence-electron chi connectivity index (χ0n) is 11.8. The minimum absolute atomic E-state index is 0.273. The predicted molar refractivity (Wildman–Crippen MR) is 77.4 cm³/mol. The van der Waals surface area contributed by atoms with E-state index in [1.165, 1.54) is 39.2 Å². The number of benzene rings is 1. The third-order valence-electron chi connectivity index (χ3n) is 3.95. The molecule has 1 aliphatic carbocycles. The second-order valence-electron chi connectivity index (χ2n) is 5.49. The summed E-state index contributed by atoms with van der Waals surface area (Å²) in [5.41, 5.74) is 1.52. The van der Waals surface area contributed by atoms with Gasteiger partial charge in [0.05, 0.1) is 12.7 Å². The van der Waals surface area contributed by atoms with Crippen molar-refractivity contribution in [3.63, 3.8) is 0 Å². The van der Waals surface area contributed by atoms with Crippen molar-refractivity contribution in [2.75, 3.05) is 12.4 Å². The lowest BCUT2D eigenvalue weighted by atomic mass is 10.0. The van der Waals surface area contributed by atoms with Gasteiger partial charge in [0.1, 0.15) is 0 Å². The van der Waals surface area contributed by atoms with Gasteiger partial charge in [0.25, 0.3) is 0 Å². The first-order valence-corrected chi connectivity index (χ1v) is 7.14. The molecule has 1 fully saturated rings. The van der Waals surface area contributed by atoms with Crippen LogP contribution in [0.15, 0.2) is 24.3 Å². The fraction of sp³-hybridized carbons (Fsp3) is 0.562. The van der Waals surface area contributed by atoms with E-state index < -0.39 is 0 Å². The van der Waals surface area contributed by atoms with E-state index in [0.717, 1.165) is 11.6 Å².